The van der Waals surface area contributed by atoms with E-state index in [1.807, 2.05) is 25.1 Å². The molecule has 4 nitrogen and oxygen atoms in total. The second kappa shape index (κ2) is 6.34. The lowest BCUT2D eigenvalue weighted by Crippen LogP contribution is -2.35. The minimum absolute atomic E-state index is 0.735. The standard InChI is InChI=1S/C18H24N4/c1-14-8-7-11-22(13-14)18-12-17(19-15(2)20-18)21(3)16-9-5-4-6-10-16/h4-6,9-10,12,14H,7-8,11,13H2,1-3H3. The number of aryl methyl sites for hydroxylation is 1. The van der Waals surface area contributed by atoms with Crippen LogP contribution in [0.5, 0.6) is 0 Å². The van der Waals surface area contributed by atoms with Gasteiger partial charge in [-0.3, -0.25) is 0 Å². The number of aromatic nitrogens is 2. The number of hydrogen-bond acceptors (Lipinski definition) is 4. The van der Waals surface area contributed by atoms with Crippen molar-refractivity contribution in [1.82, 2.24) is 9.97 Å². The number of piperidine rings is 1. The van der Waals surface area contributed by atoms with Gasteiger partial charge in [-0.1, -0.05) is 25.1 Å². The molecule has 0 N–H and O–H groups in total. The number of nitrogens with zero attached hydrogens (tertiary/aromatic N) is 4. The van der Waals surface area contributed by atoms with Crippen molar-refractivity contribution in [2.24, 2.45) is 5.92 Å². The molecule has 2 heterocycles. The molecule has 1 aromatic carbocycles. The van der Waals surface area contributed by atoms with E-state index < -0.39 is 0 Å². The van der Waals surface area contributed by atoms with Crippen molar-refractivity contribution in [2.45, 2.75) is 26.7 Å². The third kappa shape index (κ3) is 3.21. The molecule has 1 aromatic heterocycles. The van der Waals surface area contributed by atoms with Crippen molar-refractivity contribution in [3.05, 3.63) is 42.2 Å². The van der Waals surface area contributed by atoms with Gasteiger partial charge in [0.05, 0.1) is 0 Å². The molecule has 0 radical (unpaired) electrons. The maximum Gasteiger partial charge on any atom is 0.138 e. The molecule has 0 saturated carbocycles. The molecule has 4 heteroatoms. The Labute approximate surface area is 132 Å². The fraction of sp³-hybridized carbons (Fsp3) is 0.444. The van der Waals surface area contributed by atoms with E-state index in [0.717, 1.165) is 42.2 Å². The van der Waals surface area contributed by atoms with E-state index in [9.17, 15) is 0 Å². The Hall–Kier alpha value is -2.10. The summed E-state index contributed by atoms with van der Waals surface area (Å²) in [6.07, 6.45) is 2.56. The van der Waals surface area contributed by atoms with E-state index in [0.29, 0.717) is 0 Å². The summed E-state index contributed by atoms with van der Waals surface area (Å²) in [6, 6.07) is 12.4. The molecule has 1 saturated heterocycles. The molecule has 1 aliphatic rings. The molecule has 0 amide bonds. The van der Waals surface area contributed by atoms with Crippen molar-refractivity contribution in [1.29, 1.82) is 0 Å². The first-order valence-corrected chi connectivity index (χ1v) is 8.03. The minimum atomic E-state index is 0.735. The molecule has 1 unspecified atom stereocenters. The fourth-order valence-electron chi connectivity index (χ4n) is 3.05. The Morgan fingerprint density at radius 2 is 1.95 bits per heavy atom. The van der Waals surface area contributed by atoms with Crippen LogP contribution in [-0.4, -0.2) is 30.1 Å². The van der Waals surface area contributed by atoms with Crippen molar-refractivity contribution in [3.8, 4) is 0 Å². The average molecular weight is 296 g/mol. The van der Waals surface area contributed by atoms with Crippen LogP contribution in [0.1, 0.15) is 25.6 Å². The molecule has 2 aromatic rings. The summed E-state index contributed by atoms with van der Waals surface area (Å²) in [4.78, 5) is 13.8. The van der Waals surface area contributed by atoms with Gasteiger partial charge in [0.1, 0.15) is 17.5 Å². The minimum Gasteiger partial charge on any atom is -0.356 e. The number of anilines is 3. The zero-order valence-electron chi connectivity index (χ0n) is 13.7. The van der Waals surface area contributed by atoms with E-state index in [1.165, 1.54) is 12.8 Å². The van der Waals surface area contributed by atoms with Crippen molar-refractivity contribution in [2.75, 3.05) is 29.9 Å². The Morgan fingerprint density at radius 3 is 2.68 bits per heavy atom. The summed E-state index contributed by atoms with van der Waals surface area (Å²) in [5.74, 6) is 3.57. The van der Waals surface area contributed by atoms with E-state index in [2.05, 4.69) is 51.9 Å². The van der Waals surface area contributed by atoms with E-state index in [4.69, 9.17) is 0 Å². The highest BCUT2D eigenvalue weighted by Crippen LogP contribution is 2.27. The summed E-state index contributed by atoms with van der Waals surface area (Å²) in [7, 11) is 2.06. The van der Waals surface area contributed by atoms with Gasteiger partial charge in [0.2, 0.25) is 0 Å². The molecule has 0 bridgehead atoms. The third-order valence-electron chi connectivity index (χ3n) is 4.28. The van der Waals surface area contributed by atoms with Crippen LogP contribution < -0.4 is 9.80 Å². The predicted molar refractivity (Wildman–Crippen MR) is 91.9 cm³/mol. The lowest BCUT2D eigenvalue weighted by Gasteiger charge is -2.32. The van der Waals surface area contributed by atoms with Gasteiger partial charge in [-0.05, 0) is 37.8 Å². The summed E-state index contributed by atoms with van der Waals surface area (Å²) in [5.41, 5.74) is 1.14. The highest BCUT2D eigenvalue weighted by atomic mass is 15.2. The average Bonchev–Trinajstić information content (AvgIpc) is 2.54. The third-order valence-corrected chi connectivity index (χ3v) is 4.28. The summed E-state index contributed by atoms with van der Waals surface area (Å²) >= 11 is 0. The maximum atomic E-state index is 4.66. The molecule has 1 aliphatic heterocycles. The van der Waals surface area contributed by atoms with Crippen LogP contribution >= 0.6 is 0 Å². The number of hydrogen-bond donors (Lipinski definition) is 0. The Morgan fingerprint density at radius 1 is 1.18 bits per heavy atom. The highest BCUT2D eigenvalue weighted by Gasteiger charge is 2.19. The monoisotopic (exact) mass is 296 g/mol. The van der Waals surface area contributed by atoms with Crippen LogP contribution in [0.15, 0.2) is 36.4 Å². The molecule has 3 rings (SSSR count). The van der Waals surface area contributed by atoms with Gasteiger partial charge in [0, 0.05) is 31.9 Å². The SMILES string of the molecule is Cc1nc(N2CCCC(C)C2)cc(N(C)c2ccccc2)n1. The molecule has 1 atom stereocenters. The van der Waals surface area contributed by atoms with Crippen LogP contribution in [0.4, 0.5) is 17.3 Å². The second-order valence-corrected chi connectivity index (χ2v) is 6.22. The first-order valence-electron chi connectivity index (χ1n) is 8.03. The van der Waals surface area contributed by atoms with Crippen LogP contribution in [0, 0.1) is 12.8 Å². The fourth-order valence-corrected chi connectivity index (χ4v) is 3.05. The van der Waals surface area contributed by atoms with Gasteiger partial charge in [0.25, 0.3) is 0 Å². The van der Waals surface area contributed by atoms with Gasteiger partial charge in [-0.2, -0.15) is 0 Å². The summed E-state index contributed by atoms with van der Waals surface area (Å²) in [5, 5.41) is 0. The van der Waals surface area contributed by atoms with Crippen LogP contribution in [0.25, 0.3) is 0 Å². The summed E-state index contributed by atoms with van der Waals surface area (Å²) < 4.78 is 0. The van der Waals surface area contributed by atoms with E-state index in [-0.39, 0.29) is 0 Å². The molecule has 116 valence electrons. The highest BCUT2D eigenvalue weighted by molar-refractivity contribution is 5.62. The zero-order chi connectivity index (χ0) is 15.5. The van der Waals surface area contributed by atoms with E-state index >= 15 is 0 Å². The molecule has 22 heavy (non-hydrogen) atoms. The van der Waals surface area contributed by atoms with Crippen LogP contribution in [0.2, 0.25) is 0 Å². The lowest BCUT2D eigenvalue weighted by molar-refractivity contribution is 0.444. The Balaban J connectivity index is 1.89. The van der Waals surface area contributed by atoms with Crippen LogP contribution in [0.3, 0.4) is 0 Å². The Bertz CT molecular complexity index is 626. The molecular weight excluding hydrogens is 272 g/mol. The predicted octanol–water partition coefficient (Wildman–Crippen LogP) is 3.79. The molecule has 0 spiro atoms. The van der Waals surface area contributed by atoms with Gasteiger partial charge in [-0.25, -0.2) is 9.97 Å². The van der Waals surface area contributed by atoms with Gasteiger partial charge < -0.3 is 9.80 Å². The van der Waals surface area contributed by atoms with Gasteiger partial charge >= 0.3 is 0 Å². The lowest BCUT2D eigenvalue weighted by atomic mass is 10.0. The second-order valence-electron chi connectivity index (χ2n) is 6.22. The Kier molecular flexibility index (Phi) is 4.27. The number of rotatable bonds is 3. The normalized spacial score (nSPS) is 18.3. The van der Waals surface area contributed by atoms with Crippen molar-refractivity contribution >= 4 is 17.3 Å². The first-order chi connectivity index (χ1) is 10.6. The molecular formula is C18H24N4. The molecule has 1 fully saturated rings. The number of benzene rings is 1. The smallest absolute Gasteiger partial charge is 0.138 e. The van der Waals surface area contributed by atoms with Gasteiger partial charge in [-0.15, -0.1) is 0 Å². The van der Waals surface area contributed by atoms with Crippen LogP contribution in [-0.2, 0) is 0 Å². The quantitative estimate of drug-likeness (QED) is 0.862. The van der Waals surface area contributed by atoms with Crippen molar-refractivity contribution in [3.63, 3.8) is 0 Å². The van der Waals surface area contributed by atoms with Crippen molar-refractivity contribution < 1.29 is 0 Å². The number of para-hydroxylation sites is 1. The molecule has 0 aliphatic carbocycles. The van der Waals surface area contributed by atoms with Gasteiger partial charge in [0.15, 0.2) is 0 Å². The first kappa shape index (κ1) is 14.8. The summed E-state index contributed by atoms with van der Waals surface area (Å²) in [6.45, 7) is 6.47. The topological polar surface area (TPSA) is 32.3 Å². The largest absolute Gasteiger partial charge is 0.356 e. The maximum absolute atomic E-state index is 4.66. The van der Waals surface area contributed by atoms with E-state index in [1.54, 1.807) is 0 Å². The zero-order valence-corrected chi connectivity index (χ0v) is 13.7.